The number of nitrogens with zero attached hydrogens (tertiary/aromatic N) is 1. The molecule has 1 aromatic heterocycles. The molecule has 0 aliphatic carbocycles. The van der Waals surface area contributed by atoms with Crippen LogP contribution >= 0.6 is 0 Å². The summed E-state index contributed by atoms with van der Waals surface area (Å²) in [6.07, 6.45) is 0. The van der Waals surface area contributed by atoms with Crippen LogP contribution in [0.1, 0.15) is 41.4 Å². The SMILES string of the molecule is Cc1c(C(C)C(=O)NCC(C)C(=O)O)c2cc(O)c(F)cc2n1C(=O)c1cccc(F)c1. The second-order valence-corrected chi connectivity index (χ2v) is 7.68. The van der Waals surface area contributed by atoms with Crippen molar-refractivity contribution in [3.63, 3.8) is 0 Å². The Labute approximate surface area is 182 Å². The Morgan fingerprint density at radius 2 is 1.81 bits per heavy atom. The van der Waals surface area contributed by atoms with E-state index in [0.717, 1.165) is 18.2 Å². The fraction of sp³-hybridized carbons (Fsp3) is 0.261. The molecule has 0 fully saturated rings. The van der Waals surface area contributed by atoms with Gasteiger partial charge in [-0.25, -0.2) is 8.78 Å². The van der Waals surface area contributed by atoms with Gasteiger partial charge in [-0.05, 0) is 43.7 Å². The molecular formula is C23H22F2N2O5. The predicted molar refractivity (Wildman–Crippen MR) is 113 cm³/mol. The predicted octanol–water partition coefficient (Wildman–Crippen LogP) is 3.56. The first-order chi connectivity index (χ1) is 15.0. The van der Waals surface area contributed by atoms with Gasteiger partial charge in [0.1, 0.15) is 5.82 Å². The minimum atomic E-state index is -1.06. The summed E-state index contributed by atoms with van der Waals surface area (Å²) in [6, 6.07) is 7.13. The van der Waals surface area contributed by atoms with E-state index in [9.17, 15) is 28.3 Å². The molecule has 168 valence electrons. The molecule has 2 atom stereocenters. The number of benzene rings is 2. The molecule has 0 saturated carbocycles. The van der Waals surface area contributed by atoms with Crippen LogP contribution in [0.2, 0.25) is 0 Å². The van der Waals surface area contributed by atoms with Crippen LogP contribution in [0, 0.1) is 24.5 Å². The monoisotopic (exact) mass is 444 g/mol. The average molecular weight is 444 g/mol. The first-order valence-electron chi connectivity index (χ1n) is 9.87. The fourth-order valence-electron chi connectivity index (χ4n) is 3.63. The molecule has 1 amide bonds. The highest BCUT2D eigenvalue weighted by Crippen LogP contribution is 2.36. The number of hydrogen-bond donors (Lipinski definition) is 3. The molecule has 3 N–H and O–H groups in total. The van der Waals surface area contributed by atoms with Crippen molar-refractivity contribution in [1.29, 1.82) is 0 Å². The van der Waals surface area contributed by atoms with Crippen LogP contribution in [-0.4, -0.2) is 39.1 Å². The van der Waals surface area contributed by atoms with E-state index >= 15 is 0 Å². The number of amides is 1. The number of nitrogens with one attached hydrogen (secondary N) is 1. The van der Waals surface area contributed by atoms with E-state index in [-0.39, 0.29) is 23.0 Å². The van der Waals surface area contributed by atoms with Crippen molar-refractivity contribution in [2.45, 2.75) is 26.7 Å². The van der Waals surface area contributed by atoms with Crippen LogP contribution in [0.4, 0.5) is 8.78 Å². The molecule has 9 heteroatoms. The standard InChI is InChI=1S/C23H22F2N2O5/c1-11(23(31)32)10-26-21(29)12(2)20-13(3)27(18-9-17(25)19(28)8-16(18)20)22(30)14-5-4-6-15(24)7-14/h4-9,11-12,28H,10H2,1-3H3,(H,26,29)(H,31,32). The van der Waals surface area contributed by atoms with E-state index in [1.165, 1.54) is 29.7 Å². The van der Waals surface area contributed by atoms with Gasteiger partial charge >= 0.3 is 5.97 Å². The van der Waals surface area contributed by atoms with Gasteiger partial charge < -0.3 is 15.5 Å². The van der Waals surface area contributed by atoms with Crippen LogP contribution in [0.15, 0.2) is 36.4 Å². The fourth-order valence-corrected chi connectivity index (χ4v) is 3.63. The zero-order valence-electron chi connectivity index (χ0n) is 17.6. The number of rotatable bonds is 6. The third-order valence-electron chi connectivity index (χ3n) is 5.43. The van der Waals surface area contributed by atoms with Crippen LogP contribution in [0.5, 0.6) is 5.75 Å². The average Bonchev–Trinajstić information content (AvgIpc) is 3.01. The minimum absolute atomic E-state index is 0.0254. The molecule has 0 aliphatic rings. The second kappa shape index (κ2) is 8.78. The number of hydrogen-bond acceptors (Lipinski definition) is 4. The first kappa shape index (κ1) is 22.9. The number of carbonyl (C=O) groups is 3. The van der Waals surface area contributed by atoms with Gasteiger partial charge in [0.2, 0.25) is 5.91 Å². The number of carboxylic acids is 1. The van der Waals surface area contributed by atoms with Crippen molar-refractivity contribution in [3.05, 3.63) is 64.9 Å². The number of phenols is 1. The minimum Gasteiger partial charge on any atom is -0.505 e. The van der Waals surface area contributed by atoms with Crippen molar-refractivity contribution in [2.24, 2.45) is 5.92 Å². The highest BCUT2D eigenvalue weighted by Gasteiger charge is 2.28. The highest BCUT2D eigenvalue weighted by molar-refractivity contribution is 6.05. The lowest BCUT2D eigenvalue weighted by Crippen LogP contribution is -2.34. The second-order valence-electron chi connectivity index (χ2n) is 7.68. The molecular weight excluding hydrogens is 422 g/mol. The third-order valence-corrected chi connectivity index (χ3v) is 5.43. The number of aliphatic carboxylic acids is 1. The molecule has 3 aromatic rings. The van der Waals surface area contributed by atoms with Crippen molar-refractivity contribution in [3.8, 4) is 5.75 Å². The number of carbonyl (C=O) groups excluding carboxylic acids is 2. The van der Waals surface area contributed by atoms with E-state index in [2.05, 4.69) is 5.32 Å². The smallest absolute Gasteiger partial charge is 0.308 e. The maximum Gasteiger partial charge on any atom is 0.308 e. The van der Waals surface area contributed by atoms with Crippen molar-refractivity contribution in [1.82, 2.24) is 9.88 Å². The zero-order chi connectivity index (χ0) is 23.7. The molecule has 0 aliphatic heterocycles. The Morgan fingerprint density at radius 1 is 1.12 bits per heavy atom. The largest absolute Gasteiger partial charge is 0.505 e. The third kappa shape index (κ3) is 4.18. The van der Waals surface area contributed by atoms with Crippen LogP contribution in [-0.2, 0) is 9.59 Å². The molecule has 7 nitrogen and oxygen atoms in total. The van der Waals surface area contributed by atoms with Gasteiger partial charge in [0.15, 0.2) is 11.6 Å². The Hall–Kier alpha value is -3.75. The summed E-state index contributed by atoms with van der Waals surface area (Å²) in [6.45, 7) is 4.46. The Balaban J connectivity index is 2.12. The Morgan fingerprint density at radius 3 is 2.44 bits per heavy atom. The first-order valence-corrected chi connectivity index (χ1v) is 9.87. The van der Waals surface area contributed by atoms with Gasteiger partial charge in [0.25, 0.3) is 5.91 Å². The van der Waals surface area contributed by atoms with Crippen molar-refractivity contribution in [2.75, 3.05) is 6.54 Å². The summed E-state index contributed by atoms with van der Waals surface area (Å²) in [7, 11) is 0. The van der Waals surface area contributed by atoms with Gasteiger partial charge in [-0.15, -0.1) is 0 Å². The molecule has 32 heavy (non-hydrogen) atoms. The molecule has 0 spiro atoms. The maximum atomic E-state index is 14.2. The number of carboxylic acid groups (broad SMARTS) is 1. The van der Waals surface area contributed by atoms with Gasteiger partial charge in [0, 0.05) is 29.3 Å². The van der Waals surface area contributed by atoms with Crippen LogP contribution in [0.25, 0.3) is 10.9 Å². The normalized spacial score (nSPS) is 13.0. The Kier molecular flexibility index (Phi) is 6.29. The van der Waals surface area contributed by atoms with Gasteiger partial charge in [-0.2, -0.15) is 0 Å². The molecule has 1 heterocycles. The molecule has 0 radical (unpaired) electrons. The molecule has 0 bridgehead atoms. The van der Waals surface area contributed by atoms with Crippen molar-refractivity contribution >= 4 is 28.7 Å². The van der Waals surface area contributed by atoms with Crippen LogP contribution < -0.4 is 5.32 Å². The highest BCUT2D eigenvalue weighted by atomic mass is 19.1. The number of fused-ring (bicyclic) bond motifs is 1. The maximum absolute atomic E-state index is 14.2. The quantitative estimate of drug-likeness (QED) is 0.539. The number of phenolic OH excluding ortho intramolecular Hbond substituents is 1. The summed E-state index contributed by atoms with van der Waals surface area (Å²) in [5, 5.41) is 21.7. The topological polar surface area (TPSA) is 109 Å². The molecule has 2 aromatic carbocycles. The lowest BCUT2D eigenvalue weighted by molar-refractivity contribution is -0.141. The van der Waals surface area contributed by atoms with Gasteiger partial charge in [-0.3, -0.25) is 19.0 Å². The molecule has 3 rings (SSSR count). The number of aromatic nitrogens is 1. The van der Waals surface area contributed by atoms with E-state index in [0.29, 0.717) is 11.3 Å². The summed E-state index contributed by atoms with van der Waals surface area (Å²) in [5.41, 5.74) is 0.812. The summed E-state index contributed by atoms with van der Waals surface area (Å²) in [4.78, 5) is 36.9. The lowest BCUT2D eigenvalue weighted by atomic mass is 9.96. The summed E-state index contributed by atoms with van der Waals surface area (Å²) < 4.78 is 29.0. The number of aromatic hydroxyl groups is 1. The number of halogens is 2. The van der Waals surface area contributed by atoms with Crippen LogP contribution in [0.3, 0.4) is 0 Å². The molecule has 0 saturated heterocycles. The van der Waals surface area contributed by atoms with E-state index in [1.807, 2.05) is 0 Å². The van der Waals surface area contributed by atoms with Gasteiger partial charge in [-0.1, -0.05) is 13.0 Å². The zero-order valence-corrected chi connectivity index (χ0v) is 17.6. The van der Waals surface area contributed by atoms with E-state index < -0.39 is 47.0 Å². The van der Waals surface area contributed by atoms with Gasteiger partial charge in [0.05, 0.1) is 17.4 Å². The van der Waals surface area contributed by atoms with Crippen molar-refractivity contribution < 1.29 is 33.4 Å². The summed E-state index contributed by atoms with van der Waals surface area (Å²) in [5.74, 6) is -6.08. The van der Waals surface area contributed by atoms with E-state index in [4.69, 9.17) is 5.11 Å². The molecule has 2 unspecified atom stereocenters. The lowest BCUT2D eigenvalue weighted by Gasteiger charge is -2.15. The Bertz CT molecular complexity index is 1230. The summed E-state index contributed by atoms with van der Waals surface area (Å²) >= 11 is 0. The van der Waals surface area contributed by atoms with E-state index in [1.54, 1.807) is 13.8 Å².